The van der Waals surface area contributed by atoms with E-state index in [4.69, 9.17) is 0 Å². The Morgan fingerprint density at radius 3 is 2.54 bits per heavy atom. The zero-order chi connectivity index (χ0) is 18.1. The van der Waals surface area contributed by atoms with Gasteiger partial charge in [0, 0.05) is 10.2 Å². The Labute approximate surface area is 152 Å². The molecule has 0 aliphatic heterocycles. The van der Waals surface area contributed by atoms with Crippen molar-refractivity contribution < 1.29 is 9.59 Å². The molecule has 5 heteroatoms. The fourth-order valence-corrected chi connectivity index (χ4v) is 3.56. The molecular formula is C19H25BrN2O2. The minimum Gasteiger partial charge on any atom is -0.347 e. The second-order valence-electron chi connectivity index (χ2n) is 7.29. The highest BCUT2D eigenvalue weighted by Crippen LogP contribution is 2.59. The average Bonchev–Trinajstić information content (AvgIpc) is 2.99. The number of hydrogen-bond donors (Lipinski definition) is 2. The van der Waals surface area contributed by atoms with Gasteiger partial charge in [0.1, 0.15) is 0 Å². The number of carbonyl (C=O) groups is 2. The van der Waals surface area contributed by atoms with Gasteiger partial charge in [-0.05, 0) is 55.9 Å². The molecule has 130 valence electrons. The quantitative estimate of drug-likeness (QED) is 0.742. The van der Waals surface area contributed by atoms with Gasteiger partial charge in [0.2, 0.25) is 11.8 Å². The van der Waals surface area contributed by atoms with Crippen LogP contribution in [0.15, 0.2) is 34.3 Å². The molecule has 1 aromatic carbocycles. The van der Waals surface area contributed by atoms with Crippen molar-refractivity contribution in [2.24, 2.45) is 17.3 Å². The summed E-state index contributed by atoms with van der Waals surface area (Å²) in [7, 11) is 0. The molecule has 1 aliphatic rings. The number of rotatable bonds is 5. The van der Waals surface area contributed by atoms with Gasteiger partial charge in [-0.15, -0.1) is 0 Å². The summed E-state index contributed by atoms with van der Waals surface area (Å²) in [6.45, 7) is 10.2. The maximum Gasteiger partial charge on any atom is 0.243 e. The van der Waals surface area contributed by atoms with Gasteiger partial charge in [-0.25, -0.2) is 0 Å². The van der Waals surface area contributed by atoms with E-state index >= 15 is 0 Å². The van der Waals surface area contributed by atoms with Crippen molar-refractivity contribution in [1.29, 1.82) is 0 Å². The zero-order valence-electron chi connectivity index (χ0n) is 14.9. The number of carbonyl (C=O) groups excluding carboxylic acids is 2. The lowest BCUT2D eigenvalue weighted by atomic mass is 10.1. The summed E-state index contributed by atoms with van der Waals surface area (Å²) in [4.78, 5) is 24.4. The Morgan fingerprint density at radius 2 is 1.96 bits per heavy atom. The topological polar surface area (TPSA) is 58.2 Å². The Balaban J connectivity index is 1.88. The predicted molar refractivity (Wildman–Crippen MR) is 101 cm³/mol. The molecule has 1 saturated carbocycles. The molecule has 1 fully saturated rings. The van der Waals surface area contributed by atoms with E-state index in [0.717, 1.165) is 15.7 Å². The molecule has 2 atom stereocenters. The Hall–Kier alpha value is -1.62. The van der Waals surface area contributed by atoms with Crippen molar-refractivity contribution in [3.63, 3.8) is 0 Å². The number of nitrogens with one attached hydrogen (secondary N) is 2. The van der Waals surface area contributed by atoms with Gasteiger partial charge in [-0.2, -0.15) is 0 Å². The van der Waals surface area contributed by atoms with Crippen molar-refractivity contribution >= 4 is 33.4 Å². The van der Waals surface area contributed by atoms with Crippen molar-refractivity contribution in [3.8, 4) is 0 Å². The first-order valence-corrected chi connectivity index (χ1v) is 8.91. The van der Waals surface area contributed by atoms with E-state index in [9.17, 15) is 9.59 Å². The van der Waals surface area contributed by atoms with Crippen LogP contribution in [0.25, 0.3) is 0 Å². The van der Waals surface area contributed by atoms with Crippen LogP contribution in [0.1, 0.15) is 33.3 Å². The van der Waals surface area contributed by atoms with E-state index in [1.54, 1.807) is 0 Å². The fourth-order valence-electron chi connectivity index (χ4n) is 3.09. The number of halogens is 1. The standard InChI is InChI=1S/C19H25BrN2O2/c1-11(2)8-14-17(19(14,4)5)18(24)21-10-16(23)22-15-7-6-13(20)9-12(15)3/h6-9,14,17H,10H2,1-5H3,(H,21,24)(H,22,23)/t14-,17+/m0/s1. The Morgan fingerprint density at radius 1 is 1.29 bits per heavy atom. The van der Waals surface area contributed by atoms with Crippen molar-refractivity contribution in [2.75, 3.05) is 11.9 Å². The van der Waals surface area contributed by atoms with E-state index in [1.807, 2.05) is 39.0 Å². The van der Waals surface area contributed by atoms with Gasteiger partial charge in [0.25, 0.3) is 0 Å². The number of allylic oxidation sites excluding steroid dienone is 2. The van der Waals surface area contributed by atoms with E-state index in [1.165, 1.54) is 5.57 Å². The zero-order valence-corrected chi connectivity index (χ0v) is 16.5. The van der Waals surface area contributed by atoms with Gasteiger partial charge in [0.05, 0.1) is 12.5 Å². The molecule has 1 aliphatic carbocycles. The van der Waals surface area contributed by atoms with E-state index < -0.39 is 0 Å². The number of benzene rings is 1. The molecule has 0 radical (unpaired) electrons. The van der Waals surface area contributed by atoms with Crippen LogP contribution in [0.5, 0.6) is 0 Å². The van der Waals surface area contributed by atoms with Crippen molar-refractivity contribution in [3.05, 3.63) is 39.9 Å². The summed E-state index contributed by atoms with van der Waals surface area (Å²) in [6.07, 6.45) is 2.15. The van der Waals surface area contributed by atoms with Crippen LogP contribution < -0.4 is 10.6 Å². The first-order valence-electron chi connectivity index (χ1n) is 8.11. The molecule has 4 nitrogen and oxygen atoms in total. The summed E-state index contributed by atoms with van der Waals surface area (Å²) < 4.78 is 0.965. The third-order valence-electron chi connectivity index (χ3n) is 4.59. The molecular weight excluding hydrogens is 368 g/mol. The smallest absolute Gasteiger partial charge is 0.243 e. The summed E-state index contributed by atoms with van der Waals surface area (Å²) in [5.74, 6) is -0.0786. The lowest BCUT2D eigenvalue weighted by Gasteiger charge is -2.10. The number of hydrogen-bond acceptors (Lipinski definition) is 2. The van der Waals surface area contributed by atoms with Gasteiger partial charge >= 0.3 is 0 Å². The third-order valence-corrected chi connectivity index (χ3v) is 5.09. The number of anilines is 1. The number of amides is 2. The highest BCUT2D eigenvalue weighted by Gasteiger charge is 2.60. The summed E-state index contributed by atoms with van der Waals surface area (Å²) in [5, 5.41) is 5.59. The second-order valence-corrected chi connectivity index (χ2v) is 8.21. The van der Waals surface area contributed by atoms with Gasteiger partial charge in [0.15, 0.2) is 0 Å². The monoisotopic (exact) mass is 392 g/mol. The first-order chi connectivity index (χ1) is 11.1. The molecule has 2 rings (SSSR count). The molecule has 24 heavy (non-hydrogen) atoms. The predicted octanol–water partition coefficient (Wildman–Crippen LogP) is 4.05. The molecule has 0 heterocycles. The third kappa shape index (κ3) is 4.26. The highest BCUT2D eigenvalue weighted by molar-refractivity contribution is 9.10. The normalized spacial score (nSPS) is 20.9. The summed E-state index contributed by atoms with van der Waals surface area (Å²) in [5.41, 5.74) is 2.90. The highest BCUT2D eigenvalue weighted by atomic mass is 79.9. The van der Waals surface area contributed by atoms with Gasteiger partial charge < -0.3 is 10.6 Å². The van der Waals surface area contributed by atoms with E-state index in [0.29, 0.717) is 0 Å². The van der Waals surface area contributed by atoms with Crippen molar-refractivity contribution in [2.45, 2.75) is 34.6 Å². The van der Waals surface area contributed by atoms with Crippen LogP contribution in [0.4, 0.5) is 5.69 Å². The fraction of sp³-hybridized carbons (Fsp3) is 0.474. The second kappa shape index (κ2) is 7.09. The lowest BCUT2D eigenvalue weighted by Crippen LogP contribution is -2.34. The molecule has 0 spiro atoms. The summed E-state index contributed by atoms with van der Waals surface area (Å²) in [6, 6.07) is 5.65. The van der Waals surface area contributed by atoms with E-state index in [2.05, 4.69) is 46.5 Å². The van der Waals surface area contributed by atoms with Crippen LogP contribution in [0.2, 0.25) is 0 Å². The van der Waals surface area contributed by atoms with Crippen LogP contribution in [0, 0.1) is 24.2 Å². The van der Waals surface area contributed by atoms with Crippen LogP contribution >= 0.6 is 15.9 Å². The molecule has 0 saturated heterocycles. The maximum atomic E-state index is 12.4. The molecule has 0 unspecified atom stereocenters. The molecule has 1 aromatic rings. The minimum atomic E-state index is -0.217. The van der Waals surface area contributed by atoms with Crippen LogP contribution in [-0.2, 0) is 9.59 Å². The molecule has 0 aromatic heterocycles. The van der Waals surface area contributed by atoms with Gasteiger partial charge in [-0.1, -0.05) is 41.4 Å². The van der Waals surface area contributed by atoms with Gasteiger partial charge in [-0.3, -0.25) is 9.59 Å². The van der Waals surface area contributed by atoms with E-state index in [-0.39, 0.29) is 35.6 Å². The van der Waals surface area contributed by atoms with Crippen LogP contribution in [0.3, 0.4) is 0 Å². The maximum absolute atomic E-state index is 12.4. The summed E-state index contributed by atoms with van der Waals surface area (Å²) >= 11 is 3.39. The van der Waals surface area contributed by atoms with Crippen molar-refractivity contribution in [1.82, 2.24) is 5.32 Å². The lowest BCUT2D eigenvalue weighted by molar-refractivity contribution is -0.125. The SMILES string of the molecule is CC(C)=C[C@H]1[C@H](C(=O)NCC(=O)Nc2ccc(Br)cc2C)C1(C)C. The largest absolute Gasteiger partial charge is 0.347 e. The Kier molecular flexibility index (Phi) is 5.53. The van der Waals surface area contributed by atoms with Crippen LogP contribution in [-0.4, -0.2) is 18.4 Å². The minimum absolute atomic E-state index is 0.0114. The molecule has 2 amide bonds. The first kappa shape index (κ1) is 18.7. The molecule has 2 N–H and O–H groups in total. The Bertz CT molecular complexity index is 691. The number of aryl methyl sites for hydroxylation is 1. The average molecular weight is 393 g/mol. The molecule has 0 bridgehead atoms.